The highest BCUT2D eigenvalue weighted by molar-refractivity contribution is 5.78. The molecule has 1 N–H and O–H groups in total. The average molecular weight is 230 g/mol. The third-order valence-electron chi connectivity index (χ3n) is 2.81. The van der Waals surface area contributed by atoms with Gasteiger partial charge in [0.1, 0.15) is 11.8 Å². The Morgan fingerprint density at radius 3 is 2.88 bits per heavy atom. The summed E-state index contributed by atoms with van der Waals surface area (Å²) in [5.74, 6) is 0.309. The van der Waals surface area contributed by atoms with Crippen LogP contribution >= 0.6 is 0 Å². The van der Waals surface area contributed by atoms with Gasteiger partial charge in [-0.2, -0.15) is 5.26 Å². The summed E-state index contributed by atoms with van der Waals surface area (Å²) in [5.41, 5.74) is 0.410. The molecule has 0 spiro atoms. The second-order valence-corrected chi connectivity index (χ2v) is 4.51. The minimum atomic E-state index is -0.141. The smallest absolute Gasteiger partial charge is 0.258 e. The maximum atomic E-state index is 11.6. The van der Waals surface area contributed by atoms with Crippen LogP contribution < -0.4 is 10.1 Å². The van der Waals surface area contributed by atoms with Gasteiger partial charge in [-0.15, -0.1) is 0 Å². The van der Waals surface area contributed by atoms with E-state index in [0.717, 1.165) is 12.8 Å². The predicted molar refractivity (Wildman–Crippen MR) is 62.4 cm³/mol. The number of para-hydroxylation sites is 1. The Hall–Kier alpha value is -2.02. The molecule has 0 heterocycles. The van der Waals surface area contributed by atoms with Crippen LogP contribution in [0.1, 0.15) is 25.3 Å². The van der Waals surface area contributed by atoms with E-state index in [1.165, 1.54) is 0 Å². The number of nitriles is 1. The van der Waals surface area contributed by atoms with Gasteiger partial charge in [-0.1, -0.05) is 12.1 Å². The van der Waals surface area contributed by atoms with Crippen LogP contribution in [0.3, 0.4) is 0 Å². The summed E-state index contributed by atoms with van der Waals surface area (Å²) in [6.07, 6.45) is 2.04. The van der Waals surface area contributed by atoms with Gasteiger partial charge in [0.05, 0.1) is 5.56 Å². The first-order valence-corrected chi connectivity index (χ1v) is 5.56. The molecular formula is C13H14N2O2. The summed E-state index contributed by atoms with van der Waals surface area (Å²) in [4.78, 5) is 11.6. The van der Waals surface area contributed by atoms with Crippen molar-refractivity contribution in [2.45, 2.75) is 25.3 Å². The second kappa shape index (κ2) is 4.46. The summed E-state index contributed by atoms with van der Waals surface area (Å²) in [7, 11) is 0. The number of nitrogens with zero attached hydrogens (tertiary/aromatic N) is 1. The van der Waals surface area contributed by atoms with Crippen LogP contribution in [-0.4, -0.2) is 18.1 Å². The van der Waals surface area contributed by atoms with Gasteiger partial charge in [0, 0.05) is 5.54 Å². The molecule has 1 saturated carbocycles. The lowest BCUT2D eigenvalue weighted by Gasteiger charge is -2.12. The van der Waals surface area contributed by atoms with Gasteiger partial charge in [0.2, 0.25) is 0 Å². The van der Waals surface area contributed by atoms with Crippen molar-refractivity contribution >= 4 is 5.91 Å². The fourth-order valence-electron chi connectivity index (χ4n) is 1.51. The fraction of sp³-hybridized carbons (Fsp3) is 0.385. The molecule has 0 saturated heterocycles. The highest BCUT2D eigenvalue weighted by Crippen LogP contribution is 2.34. The van der Waals surface area contributed by atoms with E-state index < -0.39 is 0 Å². The minimum absolute atomic E-state index is 0.0325. The lowest BCUT2D eigenvalue weighted by Crippen LogP contribution is -2.37. The molecule has 2 rings (SSSR count). The van der Waals surface area contributed by atoms with E-state index in [4.69, 9.17) is 10.00 Å². The number of carbonyl (C=O) groups is 1. The molecule has 1 aromatic rings. The van der Waals surface area contributed by atoms with E-state index in [9.17, 15) is 4.79 Å². The van der Waals surface area contributed by atoms with Crippen molar-refractivity contribution in [3.8, 4) is 11.8 Å². The summed E-state index contributed by atoms with van der Waals surface area (Å²) in [6.45, 7) is 1.96. The van der Waals surface area contributed by atoms with E-state index in [-0.39, 0.29) is 18.1 Å². The standard InChI is InChI=1S/C13H14N2O2/c1-13(6-7-13)15-12(16)9-17-11-5-3-2-4-10(11)8-14/h2-5H,6-7,9H2,1H3,(H,15,16). The largest absolute Gasteiger partial charge is 0.482 e. The van der Waals surface area contributed by atoms with Gasteiger partial charge < -0.3 is 10.1 Å². The van der Waals surface area contributed by atoms with Crippen LogP contribution in [0.15, 0.2) is 24.3 Å². The average Bonchev–Trinajstić information content (AvgIpc) is 3.04. The monoisotopic (exact) mass is 230 g/mol. The van der Waals surface area contributed by atoms with E-state index in [0.29, 0.717) is 11.3 Å². The van der Waals surface area contributed by atoms with Crippen molar-refractivity contribution < 1.29 is 9.53 Å². The predicted octanol–water partition coefficient (Wildman–Crippen LogP) is 1.61. The molecule has 0 bridgehead atoms. The summed E-state index contributed by atoms with van der Waals surface area (Å²) in [5, 5.41) is 11.7. The number of ether oxygens (including phenoxy) is 1. The van der Waals surface area contributed by atoms with Crippen molar-refractivity contribution in [1.29, 1.82) is 5.26 Å². The summed E-state index contributed by atoms with van der Waals surface area (Å²) < 4.78 is 5.33. The van der Waals surface area contributed by atoms with E-state index in [2.05, 4.69) is 5.32 Å². The Labute approximate surface area is 100 Å². The molecule has 4 heteroatoms. The first-order valence-electron chi connectivity index (χ1n) is 5.56. The number of rotatable bonds is 4. The van der Waals surface area contributed by atoms with E-state index in [1.807, 2.05) is 13.0 Å². The van der Waals surface area contributed by atoms with Crippen molar-refractivity contribution in [3.05, 3.63) is 29.8 Å². The molecule has 0 radical (unpaired) electrons. The zero-order valence-corrected chi connectivity index (χ0v) is 9.69. The van der Waals surface area contributed by atoms with Gasteiger partial charge >= 0.3 is 0 Å². The highest BCUT2D eigenvalue weighted by atomic mass is 16.5. The van der Waals surface area contributed by atoms with Crippen LogP contribution in [0.2, 0.25) is 0 Å². The Balaban J connectivity index is 1.89. The molecule has 0 aliphatic heterocycles. The Bertz CT molecular complexity index is 473. The minimum Gasteiger partial charge on any atom is -0.482 e. The van der Waals surface area contributed by atoms with Crippen LogP contribution in [0.5, 0.6) is 5.75 Å². The van der Waals surface area contributed by atoms with Gasteiger partial charge in [-0.25, -0.2) is 0 Å². The first kappa shape index (κ1) is 11.5. The van der Waals surface area contributed by atoms with Gasteiger partial charge in [-0.3, -0.25) is 4.79 Å². The Kier molecular flexibility index (Phi) is 3.01. The van der Waals surface area contributed by atoms with Crippen LogP contribution in [0.4, 0.5) is 0 Å². The lowest BCUT2D eigenvalue weighted by molar-refractivity contribution is -0.123. The molecule has 0 unspecified atom stereocenters. The van der Waals surface area contributed by atoms with Gasteiger partial charge in [0.25, 0.3) is 5.91 Å². The number of hydrogen-bond donors (Lipinski definition) is 1. The molecular weight excluding hydrogens is 216 g/mol. The van der Waals surface area contributed by atoms with Crippen molar-refractivity contribution in [2.24, 2.45) is 0 Å². The van der Waals surface area contributed by atoms with Crippen molar-refractivity contribution in [1.82, 2.24) is 5.32 Å². The lowest BCUT2D eigenvalue weighted by atomic mass is 10.2. The molecule has 4 nitrogen and oxygen atoms in total. The number of amides is 1. The molecule has 1 amide bonds. The van der Waals surface area contributed by atoms with Gasteiger partial charge in [-0.05, 0) is 31.9 Å². The van der Waals surface area contributed by atoms with Crippen molar-refractivity contribution in [3.63, 3.8) is 0 Å². The zero-order valence-electron chi connectivity index (χ0n) is 9.69. The molecule has 0 aromatic heterocycles. The molecule has 1 fully saturated rings. The van der Waals surface area contributed by atoms with Crippen molar-refractivity contribution in [2.75, 3.05) is 6.61 Å². The SMILES string of the molecule is CC1(NC(=O)COc2ccccc2C#N)CC1. The third-order valence-corrected chi connectivity index (χ3v) is 2.81. The van der Waals surface area contributed by atoms with Crippen LogP contribution in [-0.2, 0) is 4.79 Å². The molecule has 0 atom stereocenters. The Morgan fingerprint density at radius 1 is 1.53 bits per heavy atom. The quantitative estimate of drug-likeness (QED) is 0.854. The second-order valence-electron chi connectivity index (χ2n) is 4.51. The number of benzene rings is 1. The number of carbonyl (C=O) groups excluding carboxylic acids is 1. The maximum absolute atomic E-state index is 11.6. The fourth-order valence-corrected chi connectivity index (χ4v) is 1.51. The van der Waals surface area contributed by atoms with Crippen LogP contribution in [0.25, 0.3) is 0 Å². The van der Waals surface area contributed by atoms with Crippen LogP contribution in [0, 0.1) is 11.3 Å². The highest BCUT2D eigenvalue weighted by Gasteiger charge is 2.38. The van der Waals surface area contributed by atoms with E-state index >= 15 is 0 Å². The number of hydrogen-bond acceptors (Lipinski definition) is 3. The summed E-state index contributed by atoms with van der Waals surface area (Å²) >= 11 is 0. The Morgan fingerprint density at radius 2 is 2.24 bits per heavy atom. The topological polar surface area (TPSA) is 62.1 Å². The van der Waals surface area contributed by atoms with Gasteiger partial charge in [0.15, 0.2) is 6.61 Å². The normalized spacial score (nSPS) is 15.8. The third kappa shape index (κ3) is 2.97. The van der Waals surface area contributed by atoms with E-state index in [1.54, 1.807) is 24.3 Å². The molecule has 88 valence electrons. The molecule has 1 aliphatic rings. The first-order chi connectivity index (χ1) is 8.13. The molecule has 1 aliphatic carbocycles. The number of nitrogens with one attached hydrogen (secondary N) is 1. The zero-order chi connectivity index (χ0) is 12.3. The molecule has 17 heavy (non-hydrogen) atoms. The maximum Gasteiger partial charge on any atom is 0.258 e. The summed E-state index contributed by atoms with van der Waals surface area (Å²) in [6, 6.07) is 8.91. The molecule has 1 aromatic carbocycles.